The van der Waals surface area contributed by atoms with Gasteiger partial charge in [-0.25, -0.2) is 4.79 Å². The molecule has 0 radical (unpaired) electrons. The number of esters is 2. The molecule has 0 amide bonds. The molecule has 4 atom stereocenters. The average Bonchev–Trinajstić information content (AvgIpc) is 2.72. The second-order valence-corrected chi connectivity index (χ2v) is 6.55. The van der Waals surface area contributed by atoms with Crippen molar-refractivity contribution in [1.29, 1.82) is 0 Å². The molecule has 1 aliphatic heterocycles. The Morgan fingerprint density at radius 3 is 2.70 bits per heavy atom. The van der Waals surface area contributed by atoms with Gasteiger partial charge in [-0.3, -0.25) is 8.98 Å². The topological polar surface area (TPSA) is 96.0 Å². The summed E-state index contributed by atoms with van der Waals surface area (Å²) < 4.78 is 38.4. The number of hydrogen-bond acceptors (Lipinski definition) is 7. The van der Waals surface area contributed by atoms with Gasteiger partial charge in [0.05, 0.1) is 19.6 Å². The summed E-state index contributed by atoms with van der Waals surface area (Å²) in [6.07, 6.45) is 1.32. The molecule has 2 bridgehead atoms. The summed E-state index contributed by atoms with van der Waals surface area (Å²) in [4.78, 5) is 22.5. The van der Waals surface area contributed by atoms with Crippen molar-refractivity contribution in [3.8, 4) is 0 Å². The highest BCUT2D eigenvalue weighted by Gasteiger charge is 2.53. The second-order valence-electron chi connectivity index (χ2n) is 4.91. The summed E-state index contributed by atoms with van der Waals surface area (Å²) in [6, 6.07) is 0. The average molecular weight is 304 g/mol. The molecule has 4 unspecified atom stereocenters. The molecule has 0 spiro atoms. The Morgan fingerprint density at radius 2 is 2.10 bits per heavy atom. The van der Waals surface area contributed by atoms with Crippen LogP contribution in [-0.2, 0) is 33.4 Å². The van der Waals surface area contributed by atoms with Crippen LogP contribution in [0.3, 0.4) is 0 Å². The Balaban J connectivity index is 2.14. The third kappa shape index (κ3) is 2.85. The van der Waals surface area contributed by atoms with Gasteiger partial charge in [-0.2, -0.15) is 8.42 Å². The summed E-state index contributed by atoms with van der Waals surface area (Å²) >= 11 is 0. The predicted molar refractivity (Wildman–Crippen MR) is 66.7 cm³/mol. The van der Waals surface area contributed by atoms with Gasteiger partial charge in [0.25, 0.3) is 0 Å². The molecule has 7 nitrogen and oxygen atoms in total. The second kappa shape index (κ2) is 5.53. The lowest BCUT2D eigenvalue weighted by molar-refractivity contribution is -0.143. The van der Waals surface area contributed by atoms with E-state index < -0.39 is 33.6 Å². The zero-order chi connectivity index (χ0) is 14.9. The SMILES string of the molecule is C=CC(=O)OC1C2CC(CC(=O)OC)C(C2)OS1(=O)=O. The van der Waals surface area contributed by atoms with E-state index in [0.29, 0.717) is 12.8 Å². The number of rotatable bonds is 4. The Hall–Kier alpha value is -1.41. The molecule has 1 aliphatic carbocycles. The molecule has 8 heteroatoms. The number of carbonyl (C=O) groups excluding carboxylic acids is 2. The number of ether oxygens (including phenoxy) is 2. The molecule has 2 fully saturated rings. The highest BCUT2D eigenvalue weighted by Crippen LogP contribution is 2.45. The highest BCUT2D eigenvalue weighted by atomic mass is 32.2. The van der Waals surface area contributed by atoms with Gasteiger partial charge in [-0.1, -0.05) is 6.58 Å². The molecule has 20 heavy (non-hydrogen) atoms. The fourth-order valence-corrected chi connectivity index (χ4v) is 4.36. The van der Waals surface area contributed by atoms with Gasteiger partial charge in [-0.05, 0) is 18.8 Å². The fourth-order valence-electron chi connectivity index (χ4n) is 2.76. The normalized spacial score (nSPS) is 34.2. The Kier molecular flexibility index (Phi) is 4.14. The molecule has 1 saturated heterocycles. The van der Waals surface area contributed by atoms with Crippen LogP contribution in [0.15, 0.2) is 12.7 Å². The number of methoxy groups -OCH3 is 1. The molecular weight excluding hydrogens is 288 g/mol. The van der Waals surface area contributed by atoms with Crippen molar-refractivity contribution in [3.05, 3.63) is 12.7 Å². The van der Waals surface area contributed by atoms with Gasteiger partial charge in [0.1, 0.15) is 0 Å². The minimum atomic E-state index is -3.98. The molecular formula is C12H16O7S. The molecule has 0 aromatic heterocycles. The van der Waals surface area contributed by atoms with Gasteiger partial charge >= 0.3 is 22.1 Å². The van der Waals surface area contributed by atoms with E-state index in [-0.39, 0.29) is 18.3 Å². The first-order chi connectivity index (χ1) is 9.37. The van der Waals surface area contributed by atoms with Crippen molar-refractivity contribution in [2.24, 2.45) is 11.8 Å². The first-order valence-electron chi connectivity index (χ1n) is 6.19. The number of fused-ring (bicyclic) bond motifs is 2. The van der Waals surface area contributed by atoms with Crippen LogP contribution in [0.1, 0.15) is 19.3 Å². The molecule has 2 rings (SSSR count). The third-order valence-corrected chi connectivity index (χ3v) is 5.21. The van der Waals surface area contributed by atoms with E-state index in [9.17, 15) is 18.0 Å². The summed E-state index contributed by atoms with van der Waals surface area (Å²) in [7, 11) is -2.71. The van der Waals surface area contributed by atoms with Crippen LogP contribution in [0.4, 0.5) is 0 Å². The standard InChI is InChI=1S/C12H16O7S/c1-3-10(13)18-12-8-4-7(6-11(14)17-2)9(5-8)19-20(12,15)16/h3,7-9,12H,1,4-6H2,2H3. The van der Waals surface area contributed by atoms with Crippen molar-refractivity contribution in [3.63, 3.8) is 0 Å². The zero-order valence-electron chi connectivity index (χ0n) is 11.0. The smallest absolute Gasteiger partial charge is 0.331 e. The molecule has 112 valence electrons. The number of hydrogen-bond donors (Lipinski definition) is 0. The van der Waals surface area contributed by atoms with E-state index in [0.717, 1.165) is 6.08 Å². The van der Waals surface area contributed by atoms with Crippen LogP contribution in [0.2, 0.25) is 0 Å². The first kappa shape index (κ1) is 15.0. The van der Waals surface area contributed by atoms with Crippen LogP contribution in [0, 0.1) is 11.8 Å². The summed E-state index contributed by atoms with van der Waals surface area (Å²) in [5.41, 5.74) is -1.33. The van der Waals surface area contributed by atoms with E-state index in [4.69, 9.17) is 8.92 Å². The lowest BCUT2D eigenvalue weighted by Crippen LogP contribution is -2.40. The lowest BCUT2D eigenvalue weighted by atomic mass is 10.0. The van der Waals surface area contributed by atoms with Crippen LogP contribution in [0.25, 0.3) is 0 Å². The van der Waals surface area contributed by atoms with Crippen molar-refractivity contribution in [2.75, 3.05) is 7.11 Å². The highest BCUT2D eigenvalue weighted by molar-refractivity contribution is 7.87. The van der Waals surface area contributed by atoms with Gasteiger partial charge in [-0.15, -0.1) is 0 Å². The molecule has 1 heterocycles. The number of carbonyl (C=O) groups is 2. The zero-order valence-corrected chi connectivity index (χ0v) is 11.8. The molecule has 0 aromatic carbocycles. The van der Waals surface area contributed by atoms with Crippen LogP contribution in [0.5, 0.6) is 0 Å². The molecule has 2 aliphatic rings. The van der Waals surface area contributed by atoms with Gasteiger partial charge in [0.2, 0.25) is 5.44 Å². The van der Waals surface area contributed by atoms with E-state index in [1.165, 1.54) is 7.11 Å². The van der Waals surface area contributed by atoms with E-state index in [1.807, 2.05) is 0 Å². The van der Waals surface area contributed by atoms with Crippen molar-refractivity contribution in [1.82, 2.24) is 0 Å². The van der Waals surface area contributed by atoms with Crippen molar-refractivity contribution < 1.29 is 31.7 Å². The van der Waals surface area contributed by atoms with E-state index >= 15 is 0 Å². The minimum absolute atomic E-state index is 0.0926. The largest absolute Gasteiger partial charge is 0.469 e. The fraction of sp³-hybridized carbons (Fsp3) is 0.667. The monoisotopic (exact) mass is 304 g/mol. The first-order valence-corrected chi connectivity index (χ1v) is 7.66. The quantitative estimate of drug-likeness (QED) is 0.420. The maximum Gasteiger partial charge on any atom is 0.331 e. The van der Waals surface area contributed by atoms with Crippen LogP contribution in [-0.4, -0.2) is 39.0 Å². The van der Waals surface area contributed by atoms with E-state index in [1.54, 1.807) is 0 Å². The molecule has 1 saturated carbocycles. The third-order valence-electron chi connectivity index (χ3n) is 3.65. The van der Waals surface area contributed by atoms with Crippen molar-refractivity contribution >= 4 is 22.1 Å². The van der Waals surface area contributed by atoms with Gasteiger partial charge < -0.3 is 9.47 Å². The van der Waals surface area contributed by atoms with Gasteiger partial charge in [0, 0.05) is 12.0 Å². The van der Waals surface area contributed by atoms with Gasteiger partial charge in [0.15, 0.2) is 0 Å². The Morgan fingerprint density at radius 1 is 1.40 bits per heavy atom. The maximum absolute atomic E-state index is 11.9. The summed E-state index contributed by atoms with van der Waals surface area (Å²) in [5.74, 6) is -1.83. The minimum Gasteiger partial charge on any atom is -0.469 e. The molecule has 0 N–H and O–H groups in total. The van der Waals surface area contributed by atoms with Crippen LogP contribution >= 0.6 is 0 Å². The maximum atomic E-state index is 11.9. The van der Waals surface area contributed by atoms with Crippen molar-refractivity contribution in [2.45, 2.75) is 30.8 Å². The van der Waals surface area contributed by atoms with E-state index in [2.05, 4.69) is 11.3 Å². The summed E-state index contributed by atoms with van der Waals surface area (Å²) in [6.45, 7) is 3.23. The molecule has 0 aromatic rings. The lowest BCUT2D eigenvalue weighted by Gasteiger charge is -2.28. The predicted octanol–water partition coefficient (Wildman–Crippen LogP) is 0.360. The Bertz CT molecular complexity index is 524. The summed E-state index contributed by atoms with van der Waals surface area (Å²) in [5, 5.41) is 0. The van der Waals surface area contributed by atoms with Crippen LogP contribution < -0.4 is 0 Å². The Labute approximate surface area is 117 Å².